The molecule has 1 fully saturated rings. The molecule has 2 heteroatoms. The van der Waals surface area contributed by atoms with E-state index in [-0.39, 0.29) is 11.8 Å². The van der Waals surface area contributed by atoms with Gasteiger partial charge < -0.3 is 5.32 Å². The third-order valence-corrected chi connectivity index (χ3v) is 3.96. The lowest BCUT2D eigenvalue weighted by atomic mass is 9.80. The summed E-state index contributed by atoms with van der Waals surface area (Å²) in [6.45, 7) is 2.24. The highest BCUT2D eigenvalue weighted by Gasteiger charge is 2.25. The Bertz CT molecular complexity index is 366. The number of anilines is 1. The first kappa shape index (κ1) is 13.1. The summed E-state index contributed by atoms with van der Waals surface area (Å²) in [5.74, 6) is 1.28. The monoisotopic (exact) mass is 245 g/mol. The fourth-order valence-corrected chi connectivity index (χ4v) is 2.89. The Balaban J connectivity index is 1.81. The Morgan fingerprint density at radius 1 is 1.17 bits per heavy atom. The van der Waals surface area contributed by atoms with Crippen LogP contribution in [0.1, 0.15) is 45.4 Å². The first-order chi connectivity index (χ1) is 8.79. The highest BCUT2D eigenvalue weighted by atomic mass is 16.1. The number of hydrogen-bond acceptors (Lipinski definition) is 1. The molecule has 0 unspecified atom stereocenters. The van der Waals surface area contributed by atoms with Crippen LogP contribution in [0.2, 0.25) is 0 Å². The number of amides is 1. The fourth-order valence-electron chi connectivity index (χ4n) is 2.89. The van der Waals surface area contributed by atoms with Crippen molar-refractivity contribution in [2.45, 2.75) is 45.4 Å². The zero-order chi connectivity index (χ0) is 12.8. The number of nitrogens with one attached hydrogen (secondary N) is 1. The van der Waals surface area contributed by atoms with Gasteiger partial charge in [-0.2, -0.15) is 0 Å². The summed E-state index contributed by atoms with van der Waals surface area (Å²) in [5, 5.41) is 3.02. The number of rotatable bonds is 4. The molecule has 1 aromatic rings. The van der Waals surface area contributed by atoms with Crippen LogP contribution < -0.4 is 5.32 Å². The van der Waals surface area contributed by atoms with E-state index in [1.165, 1.54) is 25.7 Å². The Morgan fingerprint density at radius 3 is 2.44 bits per heavy atom. The second kappa shape index (κ2) is 6.58. The third-order valence-electron chi connectivity index (χ3n) is 3.96. The van der Waals surface area contributed by atoms with Crippen molar-refractivity contribution in [1.82, 2.24) is 0 Å². The van der Waals surface area contributed by atoms with E-state index in [0.29, 0.717) is 0 Å². The molecule has 2 nitrogen and oxygen atoms in total. The summed E-state index contributed by atoms with van der Waals surface area (Å²) in [5.41, 5.74) is 0.915. The number of para-hydroxylation sites is 1. The summed E-state index contributed by atoms with van der Waals surface area (Å²) in [7, 11) is 0. The van der Waals surface area contributed by atoms with Crippen molar-refractivity contribution in [2.24, 2.45) is 11.8 Å². The van der Waals surface area contributed by atoms with Crippen LogP contribution in [0.3, 0.4) is 0 Å². The van der Waals surface area contributed by atoms with Gasteiger partial charge in [0.1, 0.15) is 0 Å². The average molecular weight is 245 g/mol. The highest BCUT2D eigenvalue weighted by molar-refractivity contribution is 5.92. The van der Waals surface area contributed by atoms with Crippen LogP contribution in [0.15, 0.2) is 30.3 Å². The zero-order valence-corrected chi connectivity index (χ0v) is 11.2. The predicted molar refractivity (Wildman–Crippen MR) is 75.4 cm³/mol. The van der Waals surface area contributed by atoms with Crippen molar-refractivity contribution < 1.29 is 4.79 Å². The van der Waals surface area contributed by atoms with Gasteiger partial charge in [-0.3, -0.25) is 4.79 Å². The van der Waals surface area contributed by atoms with Gasteiger partial charge in [-0.25, -0.2) is 0 Å². The maximum atomic E-state index is 12.1. The van der Waals surface area contributed by atoms with E-state index < -0.39 is 0 Å². The second-order valence-corrected chi connectivity index (χ2v) is 5.36. The summed E-state index contributed by atoms with van der Waals surface area (Å²) in [6, 6.07) is 9.76. The maximum absolute atomic E-state index is 12.1. The number of carbonyl (C=O) groups excluding carboxylic acids is 1. The number of benzene rings is 1. The lowest BCUT2D eigenvalue weighted by molar-refractivity contribution is -0.121. The molecule has 0 spiro atoms. The lowest BCUT2D eigenvalue weighted by Gasteiger charge is -2.27. The predicted octanol–water partition coefficient (Wildman–Crippen LogP) is 4.23. The lowest BCUT2D eigenvalue weighted by Crippen LogP contribution is -2.27. The standard InChI is InChI=1S/C16H23NO/c1-2-6-13-9-11-14(12-10-13)16(18)17-15-7-4-3-5-8-15/h3-5,7-8,13-14H,2,6,9-12H2,1H3,(H,17,18). The van der Waals surface area contributed by atoms with Gasteiger partial charge in [-0.05, 0) is 43.7 Å². The molecule has 1 aliphatic carbocycles. The molecule has 0 aromatic heterocycles. The molecule has 0 atom stereocenters. The van der Waals surface area contributed by atoms with E-state index in [2.05, 4.69) is 12.2 Å². The van der Waals surface area contributed by atoms with E-state index in [1.54, 1.807) is 0 Å². The van der Waals surface area contributed by atoms with E-state index in [9.17, 15) is 4.79 Å². The molecule has 1 aromatic carbocycles. The topological polar surface area (TPSA) is 29.1 Å². The van der Waals surface area contributed by atoms with Crippen LogP contribution in [0.25, 0.3) is 0 Å². The maximum Gasteiger partial charge on any atom is 0.227 e. The van der Waals surface area contributed by atoms with E-state index in [0.717, 1.165) is 24.4 Å². The molecular weight excluding hydrogens is 222 g/mol. The highest BCUT2D eigenvalue weighted by Crippen LogP contribution is 2.32. The molecule has 1 N–H and O–H groups in total. The van der Waals surface area contributed by atoms with Crippen molar-refractivity contribution in [3.63, 3.8) is 0 Å². The number of carbonyl (C=O) groups is 1. The van der Waals surface area contributed by atoms with Crippen molar-refractivity contribution in [2.75, 3.05) is 5.32 Å². The Hall–Kier alpha value is -1.31. The Labute approximate surface area is 110 Å². The van der Waals surface area contributed by atoms with Gasteiger partial charge in [-0.1, -0.05) is 38.0 Å². The molecule has 1 aliphatic rings. The van der Waals surface area contributed by atoms with Crippen molar-refractivity contribution in [1.29, 1.82) is 0 Å². The SMILES string of the molecule is CCCC1CCC(C(=O)Nc2ccccc2)CC1. The van der Waals surface area contributed by atoms with Crippen LogP contribution in [-0.4, -0.2) is 5.91 Å². The largest absolute Gasteiger partial charge is 0.326 e. The minimum absolute atomic E-state index is 0.205. The van der Waals surface area contributed by atoms with Gasteiger partial charge in [0.25, 0.3) is 0 Å². The van der Waals surface area contributed by atoms with Crippen molar-refractivity contribution in [3.8, 4) is 0 Å². The zero-order valence-electron chi connectivity index (χ0n) is 11.2. The first-order valence-electron chi connectivity index (χ1n) is 7.15. The van der Waals surface area contributed by atoms with E-state index in [4.69, 9.17) is 0 Å². The molecule has 0 bridgehead atoms. The van der Waals surface area contributed by atoms with Crippen molar-refractivity contribution >= 4 is 11.6 Å². The number of hydrogen-bond donors (Lipinski definition) is 1. The van der Waals surface area contributed by atoms with Gasteiger partial charge in [0, 0.05) is 11.6 Å². The Morgan fingerprint density at radius 2 is 1.83 bits per heavy atom. The molecule has 98 valence electrons. The van der Waals surface area contributed by atoms with E-state index >= 15 is 0 Å². The van der Waals surface area contributed by atoms with Gasteiger partial charge in [0.15, 0.2) is 0 Å². The summed E-state index contributed by atoms with van der Waals surface area (Å²) in [6.07, 6.45) is 7.16. The molecule has 1 saturated carbocycles. The van der Waals surface area contributed by atoms with Crippen LogP contribution in [0.5, 0.6) is 0 Å². The average Bonchev–Trinajstić information content (AvgIpc) is 2.41. The molecule has 0 heterocycles. The molecule has 0 aliphatic heterocycles. The molecule has 18 heavy (non-hydrogen) atoms. The summed E-state index contributed by atoms with van der Waals surface area (Å²) >= 11 is 0. The van der Waals surface area contributed by atoms with Crippen LogP contribution in [0, 0.1) is 11.8 Å². The van der Waals surface area contributed by atoms with Gasteiger partial charge in [0.2, 0.25) is 5.91 Å². The minimum Gasteiger partial charge on any atom is -0.326 e. The van der Waals surface area contributed by atoms with E-state index in [1.807, 2.05) is 30.3 Å². The molecule has 2 rings (SSSR count). The molecular formula is C16H23NO. The quantitative estimate of drug-likeness (QED) is 0.845. The fraction of sp³-hybridized carbons (Fsp3) is 0.562. The normalized spacial score (nSPS) is 23.6. The second-order valence-electron chi connectivity index (χ2n) is 5.36. The van der Waals surface area contributed by atoms with Gasteiger partial charge >= 0.3 is 0 Å². The van der Waals surface area contributed by atoms with Gasteiger partial charge in [-0.15, -0.1) is 0 Å². The molecule has 1 amide bonds. The van der Waals surface area contributed by atoms with Crippen molar-refractivity contribution in [3.05, 3.63) is 30.3 Å². The Kier molecular flexibility index (Phi) is 4.80. The molecule has 0 saturated heterocycles. The smallest absolute Gasteiger partial charge is 0.227 e. The third kappa shape index (κ3) is 3.59. The van der Waals surface area contributed by atoms with Gasteiger partial charge in [0.05, 0.1) is 0 Å². The minimum atomic E-state index is 0.205. The summed E-state index contributed by atoms with van der Waals surface area (Å²) in [4.78, 5) is 12.1. The van der Waals surface area contributed by atoms with Crippen LogP contribution in [-0.2, 0) is 4.79 Å². The van der Waals surface area contributed by atoms with Crippen LogP contribution in [0.4, 0.5) is 5.69 Å². The molecule has 0 radical (unpaired) electrons. The van der Waals surface area contributed by atoms with Crippen LogP contribution >= 0.6 is 0 Å². The first-order valence-corrected chi connectivity index (χ1v) is 7.15. The summed E-state index contributed by atoms with van der Waals surface area (Å²) < 4.78 is 0.